The number of anilines is 3. The molecule has 6 nitrogen and oxygen atoms in total. The lowest BCUT2D eigenvalue weighted by molar-refractivity contribution is 1.06. The minimum atomic E-state index is 0. The fraction of sp³-hybridized carbons (Fsp3) is 0.143. The van der Waals surface area contributed by atoms with Crippen molar-refractivity contribution < 1.29 is 0 Å². The summed E-state index contributed by atoms with van der Waals surface area (Å²) in [6, 6.07) is 14.6. The van der Waals surface area contributed by atoms with Crippen LogP contribution in [0.4, 0.5) is 23.1 Å². The number of nitriles is 1. The summed E-state index contributed by atoms with van der Waals surface area (Å²) in [6.45, 7) is 10.9. The molecule has 1 aromatic heterocycles. The topological polar surface area (TPSA) is 92.0 Å². The first-order valence-corrected chi connectivity index (χ1v) is 8.88. The first-order valence-electron chi connectivity index (χ1n) is 8.07. The maximum absolute atomic E-state index is 9.09. The average molecular weight is 516 g/mol. The molecular formula is C21H21IN6S. The Morgan fingerprint density at radius 2 is 1.72 bits per heavy atom. The van der Waals surface area contributed by atoms with Crippen molar-refractivity contribution in [2.75, 3.05) is 11.1 Å². The van der Waals surface area contributed by atoms with E-state index in [0.29, 0.717) is 28.0 Å². The first kappa shape index (κ1) is 24.2. The number of nitrogens with two attached hydrogens (primary N) is 1. The molecule has 3 aromatic rings. The van der Waals surface area contributed by atoms with Crippen LogP contribution < -0.4 is 11.1 Å². The third kappa shape index (κ3) is 6.08. The molecule has 0 saturated heterocycles. The van der Waals surface area contributed by atoms with Crippen LogP contribution in [0.1, 0.15) is 24.1 Å². The van der Waals surface area contributed by atoms with Crippen molar-refractivity contribution in [1.82, 2.24) is 9.97 Å². The fourth-order valence-corrected chi connectivity index (χ4v) is 3.54. The van der Waals surface area contributed by atoms with Crippen LogP contribution in [-0.4, -0.2) is 9.97 Å². The van der Waals surface area contributed by atoms with Crippen molar-refractivity contribution in [3.8, 4) is 6.07 Å². The smallest absolute Gasteiger partial charge is 0.230 e. The van der Waals surface area contributed by atoms with E-state index in [1.807, 2.05) is 26.0 Å². The van der Waals surface area contributed by atoms with Crippen molar-refractivity contribution in [3.63, 3.8) is 0 Å². The van der Waals surface area contributed by atoms with Gasteiger partial charge in [-0.15, -0.1) is 24.0 Å². The second kappa shape index (κ2) is 10.6. The molecule has 0 aliphatic heterocycles. The Morgan fingerprint density at radius 3 is 2.28 bits per heavy atom. The van der Waals surface area contributed by atoms with Gasteiger partial charge in [-0.25, -0.2) is 9.83 Å². The van der Waals surface area contributed by atoms with E-state index in [9.17, 15) is 0 Å². The van der Waals surface area contributed by atoms with Gasteiger partial charge in [-0.1, -0.05) is 31.3 Å². The van der Waals surface area contributed by atoms with E-state index in [1.165, 1.54) is 11.8 Å². The van der Waals surface area contributed by atoms with Crippen LogP contribution in [0.3, 0.4) is 0 Å². The van der Waals surface area contributed by atoms with E-state index in [0.717, 1.165) is 21.7 Å². The summed E-state index contributed by atoms with van der Waals surface area (Å²) in [5.74, 6) is 0.744. The summed E-state index contributed by atoms with van der Waals surface area (Å²) >= 11 is 1.48. The number of nitrogens with one attached hydrogen (secondary N) is 1. The number of rotatable bonds is 4. The average Bonchev–Trinajstić information content (AvgIpc) is 2.64. The molecule has 3 N–H and O–H groups in total. The molecule has 0 unspecified atom stereocenters. The number of hydrogen-bond donors (Lipinski definition) is 2. The number of halogens is 1. The molecule has 3 rings (SSSR count). The van der Waals surface area contributed by atoms with Gasteiger partial charge in [0.15, 0.2) is 5.69 Å². The number of nitrogen functional groups attached to an aromatic ring is 1. The highest BCUT2D eigenvalue weighted by Gasteiger charge is 2.10. The van der Waals surface area contributed by atoms with Crippen LogP contribution in [0.5, 0.6) is 0 Å². The lowest BCUT2D eigenvalue weighted by Gasteiger charge is -2.11. The van der Waals surface area contributed by atoms with Gasteiger partial charge in [0.25, 0.3) is 0 Å². The molecule has 0 atom stereocenters. The van der Waals surface area contributed by atoms with Gasteiger partial charge in [0.2, 0.25) is 5.95 Å². The van der Waals surface area contributed by atoms with E-state index >= 15 is 0 Å². The quantitative estimate of drug-likeness (QED) is 0.242. The summed E-state index contributed by atoms with van der Waals surface area (Å²) in [5.41, 5.74) is 9.95. The number of hydrogen-bond acceptors (Lipinski definition) is 6. The van der Waals surface area contributed by atoms with Crippen LogP contribution in [0.15, 0.2) is 52.4 Å². The van der Waals surface area contributed by atoms with Gasteiger partial charge in [-0.3, -0.25) is 0 Å². The Labute approximate surface area is 192 Å². The number of aromatic nitrogens is 2. The Morgan fingerprint density at radius 1 is 1.10 bits per heavy atom. The van der Waals surface area contributed by atoms with E-state index in [4.69, 9.17) is 17.6 Å². The molecule has 148 valence electrons. The van der Waals surface area contributed by atoms with Crippen molar-refractivity contribution in [1.29, 1.82) is 5.26 Å². The molecule has 2 aromatic carbocycles. The molecule has 0 aliphatic rings. The minimum absolute atomic E-state index is 0. The normalized spacial score (nSPS) is 9.38. The standard InChI is InChI=1S/C20H16N6S.CH4.HI/c1-12-8-14(11-21)9-13(2)19(12)27-18-10-17(22)25-20(26-18)24-16-6-4-15(23-3)5-7-16;;/h4-10H,1-2H3,(H3,22,24,25,26);1H4;1H. The lowest BCUT2D eigenvalue weighted by atomic mass is 10.1. The van der Waals surface area contributed by atoms with Gasteiger partial charge in [0, 0.05) is 16.6 Å². The summed E-state index contributed by atoms with van der Waals surface area (Å²) in [5, 5.41) is 12.9. The molecule has 29 heavy (non-hydrogen) atoms. The Hall–Kier alpha value is -2.82. The predicted molar refractivity (Wildman–Crippen MR) is 129 cm³/mol. The molecule has 8 heteroatoms. The van der Waals surface area contributed by atoms with E-state index < -0.39 is 0 Å². The van der Waals surface area contributed by atoms with Crippen LogP contribution in [0, 0.1) is 31.8 Å². The van der Waals surface area contributed by atoms with Crippen molar-refractivity contribution in [3.05, 3.63) is 70.6 Å². The zero-order valence-electron chi connectivity index (χ0n) is 15.2. The number of nitrogens with zero attached hydrogens (tertiary/aromatic N) is 4. The van der Waals surface area contributed by atoms with Gasteiger partial charge < -0.3 is 11.1 Å². The molecule has 0 bridgehead atoms. The Bertz CT molecular complexity index is 1060. The number of aryl methyl sites for hydroxylation is 2. The molecule has 1 heterocycles. The Kier molecular flexibility index (Phi) is 8.89. The molecule has 0 fully saturated rings. The van der Waals surface area contributed by atoms with Crippen LogP contribution >= 0.6 is 35.7 Å². The third-order valence-corrected chi connectivity index (χ3v) is 5.04. The van der Waals surface area contributed by atoms with E-state index in [2.05, 4.69) is 26.2 Å². The van der Waals surface area contributed by atoms with Crippen LogP contribution in [-0.2, 0) is 0 Å². The van der Waals surface area contributed by atoms with E-state index in [-0.39, 0.29) is 31.4 Å². The third-order valence-electron chi connectivity index (χ3n) is 3.77. The van der Waals surface area contributed by atoms with Crippen LogP contribution in [0.2, 0.25) is 0 Å². The minimum Gasteiger partial charge on any atom is -0.383 e. The molecule has 0 saturated carbocycles. The van der Waals surface area contributed by atoms with Gasteiger partial charge >= 0.3 is 0 Å². The van der Waals surface area contributed by atoms with Gasteiger partial charge in [-0.05, 0) is 49.2 Å². The van der Waals surface area contributed by atoms with Gasteiger partial charge in [0.05, 0.1) is 18.2 Å². The highest BCUT2D eigenvalue weighted by atomic mass is 127. The maximum Gasteiger partial charge on any atom is 0.230 e. The summed E-state index contributed by atoms with van der Waals surface area (Å²) in [7, 11) is 0. The maximum atomic E-state index is 9.09. The van der Waals surface area contributed by atoms with Crippen LogP contribution in [0.25, 0.3) is 4.85 Å². The fourth-order valence-electron chi connectivity index (χ4n) is 2.58. The highest BCUT2D eigenvalue weighted by Crippen LogP contribution is 2.34. The predicted octanol–water partition coefficient (Wildman–Crippen LogP) is 6.25. The highest BCUT2D eigenvalue weighted by molar-refractivity contribution is 14.0. The molecule has 0 aliphatic carbocycles. The van der Waals surface area contributed by atoms with Crippen molar-refractivity contribution >= 4 is 58.9 Å². The van der Waals surface area contributed by atoms with Crippen molar-refractivity contribution in [2.24, 2.45) is 0 Å². The summed E-state index contributed by atoms with van der Waals surface area (Å²) in [6.07, 6.45) is 0. The lowest BCUT2D eigenvalue weighted by Crippen LogP contribution is -2.01. The summed E-state index contributed by atoms with van der Waals surface area (Å²) < 4.78 is 0. The SMILES string of the molecule is C.I.[C-]#[N+]c1ccc(Nc2nc(N)cc(Sc3c(C)cc(C#N)cc3C)n2)cc1. The molecular weight excluding hydrogens is 495 g/mol. The largest absolute Gasteiger partial charge is 0.383 e. The molecule has 0 spiro atoms. The van der Waals surface area contributed by atoms with Gasteiger partial charge in [-0.2, -0.15) is 10.2 Å². The Balaban J connectivity index is 0.00000210. The zero-order valence-corrected chi connectivity index (χ0v) is 18.4. The first-order chi connectivity index (χ1) is 13.0. The number of benzene rings is 2. The zero-order chi connectivity index (χ0) is 19.4. The molecule has 0 amide bonds. The second-order valence-corrected chi connectivity index (χ2v) is 6.92. The summed E-state index contributed by atoms with van der Waals surface area (Å²) in [4.78, 5) is 13.2. The van der Waals surface area contributed by atoms with E-state index in [1.54, 1.807) is 30.3 Å². The van der Waals surface area contributed by atoms with Gasteiger partial charge in [0.1, 0.15) is 10.8 Å². The second-order valence-electron chi connectivity index (χ2n) is 5.89. The molecule has 0 radical (unpaired) electrons. The monoisotopic (exact) mass is 516 g/mol. The van der Waals surface area contributed by atoms with Crippen molar-refractivity contribution in [2.45, 2.75) is 31.2 Å².